The molecule has 2 rings (SSSR count). The molecule has 0 aliphatic rings. The largest absolute Gasteiger partial charge is 0.453 e. The molecule has 5 heteroatoms. The number of nitrogens with zero attached hydrogens (tertiary/aromatic N) is 2. The molecule has 98 valence electrons. The highest BCUT2D eigenvalue weighted by Gasteiger charge is 2.12. The SMILES string of the molecule is Cc1ccc(Oc2c(N)cc(C#N)cc2I)c(C#N)c1. The molecule has 0 heterocycles. The predicted octanol–water partition coefficient (Wildman–Crippen LogP) is 3.72. The van der Waals surface area contributed by atoms with E-state index in [1.54, 1.807) is 24.3 Å². The van der Waals surface area contributed by atoms with Gasteiger partial charge >= 0.3 is 0 Å². The Morgan fingerprint density at radius 1 is 1.15 bits per heavy atom. The zero-order chi connectivity index (χ0) is 14.7. The number of rotatable bonds is 2. The van der Waals surface area contributed by atoms with Crippen molar-refractivity contribution < 1.29 is 4.74 Å². The first-order valence-corrected chi connectivity index (χ1v) is 6.80. The summed E-state index contributed by atoms with van der Waals surface area (Å²) in [6.07, 6.45) is 0. The molecule has 0 saturated heterocycles. The Labute approximate surface area is 130 Å². The maximum Gasteiger partial charge on any atom is 0.163 e. The molecule has 0 bridgehead atoms. The molecule has 2 N–H and O–H groups in total. The van der Waals surface area contributed by atoms with Gasteiger partial charge in [0.25, 0.3) is 0 Å². The van der Waals surface area contributed by atoms with Gasteiger partial charge in [-0.05, 0) is 59.3 Å². The monoisotopic (exact) mass is 375 g/mol. The Bertz CT molecular complexity index is 734. The van der Waals surface area contributed by atoms with E-state index in [9.17, 15) is 0 Å². The Kier molecular flexibility index (Phi) is 4.11. The summed E-state index contributed by atoms with van der Waals surface area (Å²) in [5.74, 6) is 0.914. The molecule has 0 unspecified atom stereocenters. The lowest BCUT2D eigenvalue weighted by molar-refractivity contribution is 0.480. The lowest BCUT2D eigenvalue weighted by atomic mass is 10.1. The first kappa shape index (κ1) is 14.2. The molecule has 0 aliphatic heterocycles. The fourth-order valence-corrected chi connectivity index (χ4v) is 2.47. The van der Waals surface area contributed by atoms with Crippen LogP contribution in [0.25, 0.3) is 0 Å². The van der Waals surface area contributed by atoms with E-state index in [2.05, 4.69) is 28.7 Å². The molecular formula is C15H10IN3O. The van der Waals surface area contributed by atoms with E-state index in [1.807, 2.05) is 19.1 Å². The highest BCUT2D eigenvalue weighted by molar-refractivity contribution is 14.1. The smallest absolute Gasteiger partial charge is 0.163 e. The van der Waals surface area contributed by atoms with Crippen LogP contribution in [0.15, 0.2) is 30.3 Å². The molecule has 0 amide bonds. The number of ether oxygens (including phenoxy) is 1. The zero-order valence-corrected chi connectivity index (χ0v) is 12.8. The molecule has 0 atom stereocenters. The van der Waals surface area contributed by atoms with Crippen LogP contribution in [-0.2, 0) is 0 Å². The van der Waals surface area contributed by atoms with Gasteiger partial charge < -0.3 is 10.5 Å². The molecule has 20 heavy (non-hydrogen) atoms. The summed E-state index contributed by atoms with van der Waals surface area (Å²) in [7, 11) is 0. The average molecular weight is 375 g/mol. The summed E-state index contributed by atoms with van der Waals surface area (Å²) in [5.41, 5.74) is 8.18. The van der Waals surface area contributed by atoms with Crippen molar-refractivity contribution in [2.24, 2.45) is 0 Å². The minimum atomic E-state index is 0.373. The molecular weight excluding hydrogens is 365 g/mol. The Balaban J connectivity index is 2.46. The van der Waals surface area contributed by atoms with Crippen LogP contribution in [0.3, 0.4) is 0 Å². The van der Waals surface area contributed by atoms with Crippen LogP contribution >= 0.6 is 22.6 Å². The van der Waals surface area contributed by atoms with E-state index in [0.717, 1.165) is 9.13 Å². The van der Waals surface area contributed by atoms with Crippen molar-refractivity contribution >= 4 is 28.3 Å². The molecule has 0 fully saturated rings. The number of hydrogen-bond acceptors (Lipinski definition) is 4. The van der Waals surface area contributed by atoms with Crippen molar-refractivity contribution in [1.29, 1.82) is 10.5 Å². The number of nitrogens with two attached hydrogens (primary N) is 1. The van der Waals surface area contributed by atoms with Crippen molar-refractivity contribution in [3.63, 3.8) is 0 Å². The fourth-order valence-electron chi connectivity index (χ4n) is 1.72. The van der Waals surface area contributed by atoms with Crippen molar-refractivity contribution in [3.8, 4) is 23.6 Å². The van der Waals surface area contributed by atoms with E-state index in [1.165, 1.54) is 0 Å². The number of hydrogen-bond donors (Lipinski definition) is 1. The van der Waals surface area contributed by atoms with Gasteiger partial charge in [0.1, 0.15) is 11.8 Å². The Morgan fingerprint density at radius 3 is 2.50 bits per heavy atom. The molecule has 2 aromatic carbocycles. The third kappa shape index (κ3) is 2.84. The third-order valence-electron chi connectivity index (χ3n) is 2.67. The van der Waals surface area contributed by atoms with Crippen LogP contribution in [0.2, 0.25) is 0 Å². The number of nitrogen functional groups attached to an aromatic ring is 1. The number of anilines is 1. The summed E-state index contributed by atoms with van der Waals surface area (Å²) in [6.45, 7) is 1.91. The number of nitriles is 2. The van der Waals surface area contributed by atoms with Crippen LogP contribution in [-0.4, -0.2) is 0 Å². The van der Waals surface area contributed by atoms with Crippen LogP contribution < -0.4 is 10.5 Å². The van der Waals surface area contributed by atoms with Crippen molar-refractivity contribution in [2.75, 3.05) is 5.73 Å². The lowest BCUT2D eigenvalue weighted by Crippen LogP contribution is -1.97. The number of halogens is 1. The summed E-state index contributed by atoms with van der Waals surface area (Å²) in [6, 6.07) is 12.7. The molecule has 0 aliphatic carbocycles. The van der Waals surface area contributed by atoms with E-state index >= 15 is 0 Å². The standard InChI is InChI=1S/C15H10IN3O/c1-9-2-3-14(11(4-9)8-18)20-15-12(16)5-10(7-17)6-13(15)19/h2-6H,19H2,1H3. The van der Waals surface area contributed by atoms with Crippen molar-refractivity contribution in [2.45, 2.75) is 6.92 Å². The Hall–Kier alpha value is -2.25. The van der Waals surface area contributed by atoms with Crippen molar-refractivity contribution in [3.05, 3.63) is 50.6 Å². The van der Waals surface area contributed by atoms with Gasteiger partial charge in [0.15, 0.2) is 5.75 Å². The predicted molar refractivity (Wildman–Crippen MR) is 84.3 cm³/mol. The first-order chi connectivity index (χ1) is 9.55. The van der Waals surface area contributed by atoms with Gasteiger partial charge in [0.05, 0.1) is 26.5 Å². The van der Waals surface area contributed by atoms with E-state index < -0.39 is 0 Å². The van der Waals surface area contributed by atoms with Crippen LogP contribution in [0.5, 0.6) is 11.5 Å². The quantitative estimate of drug-likeness (QED) is 0.641. The highest BCUT2D eigenvalue weighted by atomic mass is 127. The topological polar surface area (TPSA) is 82.8 Å². The van der Waals surface area contributed by atoms with Gasteiger partial charge in [0.2, 0.25) is 0 Å². The van der Waals surface area contributed by atoms with Gasteiger partial charge in [-0.15, -0.1) is 0 Å². The second-order valence-electron chi connectivity index (χ2n) is 4.20. The zero-order valence-electron chi connectivity index (χ0n) is 10.6. The van der Waals surface area contributed by atoms with Gasteiger partial charge in [-0.3, -0.25) is 0 Å². The maximum absolute atomic E-state index is 9.14. The average Bonchev–Trinajstić information content (AvgIpc) is 2.43. The maximum atomic E-state index is 9.14. The normalized spacial score (nSPS) is 9.60. The van der Waals surface area contributed by atoms with Gasteiger partial charge in [-0.25, -0.2) is 0 Å². The minimum Gasteiger partial charge on any atom is -0.453 e. The molecule has 0 radical (unpaired) electrons. The minimum absolute atomic E-state index is 0.373. The summed E-state index contributed by atoms with van der Waals surface area (Å²) >= 11 is 2.05. The van der Waals surface area contributed by atoms with E-state index in [4.69, 9.17) is 21.0 Å². The van der Waals surface area contributed by atoms with Gasteiger partial charge in [-0.2, -0.15) is 10.5 Å². The van der Waals surface area contributed by atoms with Gasteiger partial charge in [-0.1, -0.05) is 6.07 Å². The molecule has 4 nitrogen and oxygen atoms in total. The highest BCUT2D eigenvalue weighted by Crippen LogP contribution is 2.35. The third-order valence-corrected chi connectivity index (χ3v) is 3.47. The van der Waals surface area contributed by atoms with Crippen LogP contribution in [0.1, 0.15) is 16.7 Å². The first-order valence-electron chi connectivity index (χ1n) is 5.73. The molecule has 0 saturated carbocycles. The summed E-state index contributed by atoms with van der Waals surface area (Å²) in [5, 5.41) is 18.0. The van der Waals surface area contributed by atoms with Crippen LogP contribution in [0.4, 0.5) is 5.69 Å². The molecule has 0 aromatic heterocycles. The lowest BCUT2D eigenvalue weighted by Gasteiger charge is -2.12. The van der Waals surface area contributed by atoms with E-state index in [-0.39, 0.29) is 0 Å². The second-order valence-corrected chi connectivity index (χ2v) is 5.36. The van der Waals surface area contributed by atoms with Gasteiger partial charge in [0, 0.05) is 0 Å². The number of aryl methyl sites for hydroxylation is 1. The summed E-state index contributed by atoms with van der Waals surface area (Å²) < 4.78 is 6.48. The molecule has 2 aromatic rings. The fraction of sp³-hybridized carbons (Fsp3) is 0.0667. The Morgan fingerprint density at radius 2 is 1.90 bits per heavy atom. The summed E-state index contributed by atoms with van der Waals surface area (Å²) in [4.78, 5) is 0. The van der Waals surface area contributed by atoms with Crippen molar-refractivity contribution in [1.82, 2.24) is 0 Å². The van der Waals surface area contributed by atoms with Crippen LogP contribution in [0, 0.1) is 33.2 Å². The second kappa shape index (κ2) is 5.81. The van der Waals surface area contributed by atoms with E-state index in [0.29, 0.717) is 28.3 Å². The molecule has 0 spiro atoms. The number of benzene rings is 2.